The molecule has 0 unspecified atom stereocenters. The van der Waals surface area contributed by atoms with E-state index in [0.717, 1.165) is 5.75 Å². The van der Waals surface area contributed by atoms with Gasteiger partial charge in [-0.1, -0.05) is 39.0 Å². The van der Waals surface area contributed by atoms with Gasteiger partial charge < -0.3 is 15.8 Å². The van der Waals surface area contributed by atoms with Crippen LogP contribution in [0.2, 0.25) is 0 Å². The standard InChI is InChI=1S/C13H20N2OS/c1-13(2,3)10-6-4-5-7-11(10)16-9-8-15-12(14)17/h4-7H,8-9H2,1-3H3,(H3,14,15,17). The van der Waals surface area contributed by atoms with E-state index >= 15 is 0 Å². The summed E-state index contributed by atoms with van der Waals surface area (Å²) in [6.07, 6.45) is 0. The minimum absolute atomic E-state index is 0.0766. The maximum Gasteiger partial charge on any atom is 0.163 e. The molecule has 0 saturated heterocycles. The molecular weight excluding hydrogens is 232 g/mol. The molecule has 0 fully saturated rings. The highest BCUT2D eigenvalue weighted by Gasteiger charge is 2.17. The molecule has 17 heavy (non-hydrogen) atoms. The van der Waals surface area contributed by atoms with Gasteiger partial charge in [-0.3, -0.25) is 0 Å². The maximum atomic E-state index is 5.74. The van der Waals surface area contributed by atoms with Gasteiger partial charge >= 0.3 is 0 Å². The molecule has 0 aliphatic carbocycles. The summed E-state index contributed by atoms with van der Waals surface area (Å²) in [7, 11) is 0. The summed E-state index contributed by atoms with van der Waals surface area (Å²) in [5.74, 6) is 0.921. The Morgan fingerprint density at radius 1 is 1.35 bits per heavy atom. The monoisotopic (exact) mass is 252 g/mol. The first-order valence-corrected chi connectivity index (χ1v) is 6.07. The molecule has 4 heteroatoms. The van der Waals surface area contributed by atoms with Gasteiger partial charge in [-0.05, 0) is 29.3 Å². The number of nitrogens with two attached hydrogens (primary N) is 1. The minimum Gasteiger partial charge on any atom is -0.491 e. The number of thiocarbonyl (C=S) groups is 1. The Hall–Kier alpha value is -1.29. The van der Waals surface area contributed by atoms with Gasteiger partial charge in [0, 0.05) is 0 Å². The second-order valence-corrected chi connectivity index (χ2v) is 5.33. The quantitative estimate of drug-likeness (QED) is 0.637. The minimum atomic E-state index is 0.0766. The van der Waals surface area contributed by atoms with E-state index in [1.807, 2.05) is 18.2 Å². The van der Waals surface area contributed by atoms with Gasteiger partial charge in [0.1, 0.15) is 12.4 Å². The van der Waals surface area contributed by atoms with Gasteiger partial charge in [0.2, 0.25) is 0 Å². The number of hydrogen-bond acceptors (Lipinski definition) is 2. The van der Waals surface area contributed by atoms with Crippen LogP contribution < -0.4 is 15.8 Å². The molecule has 0 aliphatic rings. The first kappa shape index (κ1) is 13.8. The fourth-order valence-electron chi connectivity index (χ4n) is 1.55. The molecule has 0 aliphatic heterocycles. The van der Waals surface area contributed by atoms with Crippen LogP contribution in [0.1, 0.15) is 26.3 Å². The van der Waals surface area contributed by atoms with Gasteiger partial charge in [0.25, 0.3) is 0 Å². The molecule has 0 atom stereocenters. The molecule has 0 aromatic heterocycles. The van der Waals surface area contributed by atoms with Crippen molar-refractivity contribution >= 4 is 17.3 Å². The largest absolute Gasteiger partial charge is 0.491 e. The summed E-state index contributed by atoms with van der Waals surface area (Å²) < 4.78 is 5.74. The first-order chi connectivity index (χ1) is 7.91. The molecule has 0 spiro atoms. The van der Waals surface area contributed by atoms with Crippen molar-refractivity contribution in [3.8, 4) is 5.75 Å². The van der Waals surface area contributed by atoms with Crippen LogP contribution in [0, 0.1) is 0 Å². The second kappa shape index (κ2) is 5.87. The van der Waals surface area contributed by atoms with Gasteiger partial charge in [-0.25, -0.2) is 0 Å². The average Bonchev–Trinajstić information content (AvgIpc) is 2.23. The lowest BCUT2D eigenvalue weighted by molar-refractivity contribution is 0.313. The predicted molar refractivity (Wildman–Crippen MR) is 75.4 cm³/mol. The lowest BCUT2D eigenvalue weighted by Crippen LogP contribution is -2.32. The summed E-state index contributed by atoms with van der Waals surface area (Å²) in [6, 6.07) is 8.09. The Balaban J connectivity index is 2.62. The topological polar surface area (TPSA) is 47.3 Å². The molecule has 0 amide bonds. The van der Waals surface area contributed by atoms with E-state index in [9.17, 15) is 0 Å². The van der Waals surface area contributed by atoms with Crippen LogP contribution in [0.3, 0.4) is 0 Å². The van der Waals surface area contributed by atoms with Crippen LogP contribution >= 0.6 is 12.2 Å². The number of nitrogens with one attached hydrogen (secondary N) is 1. The number of ether oxygens (including phenoxy) is 1. The number of benzene rings is 1. The molecule has 0 bridgehead atoms. The highest BCUT2D eigenvalue weighted by Crippen LogP contribution is 2.30. The fourth-order valence-corrected chi connectivity index (χ4v) is 1.65. The maximum absolute atomic E-state index is 5.74. The van der Waals surface area contributed by atoms with Gasteiger partial charge in [-0.15, -0.1) is 0 Å². The summed E-state index contributed by atoms with van der Waals surface area (Å²) >= 11 is 4.72. The zero-order valence-corrected chi connectivity index (χ0v) is 11.4. The third-order valence-corrected chi connectivity index (χ3v) is 2.50. The molecule has 0 heterocycles. The number of para-hydroxylation sites is 1. The van der Waals surface area contributed by atoms with Crippen molar-refractivity contribution in [1.29, 1.82) is 0 Å². The van der Waals surface area contributed by atoms with Crippen LogP contribution in [0.25, 0.3) is 0 Å². The predicted octanol–water partition coefficient (Wildman–Crippen LogP) is 2.20. The molecule has 1 aromatic rings. The van der Waals surface area contributed by atoms with Crippen molar-refractivity contribution in [1.82, 2.24) is 5.32 Å². The van der Waals surface area contributed by atoms with E-state index in [1.54, 1.807) is 0 Å². The van der Waals surface area contributed by atoms with E-state index in [0.29, 0.717) is 18.3 Å². The average molecular weight is 252 g/mol. The van der Waals surface area contributed by atoms with Crippen LogP contribution in [-0.4, -0.2) is 18.3 Å². The van der Waals surface area contributed by atoms with E-state index < -0.39 is 0 Å². The van der Waals surface area contributed by atoms with E-state index in [1.165, 1.54) is 5.56 Å². The van der Waals surface area contributed by atoms with Crippen molar-refractivity contribution < 1.29 is 4.74 Å². The Morgan fingerprint density at radius 2 is 2.00 bits per heavy atom. The number of rotatable bonds is 4. The van der Waals surface area contributed by atoms with Crippen molar-refractivity contribution in [2.24, 2.45) is 5.73 Å². The van der Waals surface area contributed by atoms with Crippen molar-refractivity contribution in [3.05, 3.63) is 29.8 Å². The molecule has 1 rings (SSSR count). The van der Waals surface area contributed by atoms with Crippen LogP contribution in [-0.2, 0) is 5.41 Å². The van der Waals surface area contributed by atoms with E-state index in [2.05, 4.69) is 32.2 Å². The van der Waals surface area contributed by atoms with E-state index in [-0.39, 0.29) is 5.41 Å². The molecular formula is C13H20N2OS. The van der Waals surface area contributed by atoms with Gasteiger partial charge in [0.05, 0.1) is 6.54 Å². The smallest absolute Gasteiger partial charge is 0.163 e. The zero-order valence-electron chi connectivity index (χ0n) is 10.6. The third kappa shape index (κ3) is 4.61. The normalized spacial score (nSPS) is 11.0. The molecule has 0 radical (unpaired) electrons. The van der Waals surface area contributed by atoms with Crippen LogP contribution in [0.4, 0.5) is 0 Å². The Morgan fingerprint density at radius 3 is 2.59 bits per heavy atom. The lowest BCUT2D eigenvalue weighted by atomic mass is 9.86. The molecule has 3 N–H and O–H groups in total. The summed E-state index contributed by atoms with van der Waals surface area (Å²) in [4.78, 5) is 0. The second-order valence-electron chi connectivity index (χ2n) is 4.89. The van der Waals surface area contributed by atoms with Crippen molar-refractivity contribution in [2.75, 3.05) is 13.2 Å². The van der Waals surface area contributed by atoms with E-state index in [4.69, 9.17) is 22.7 Å². The van der Waals surface area contributed by atoms with Gasteiger partial charge in [-0.2, -0.15) is 0 Å². The number of hydrogen-bond donors (Lipinski definition) is 2. The fraction of sp³-hybridized carbons (Fsp3) is 0.462. The van der Waals surface area contributed by atoms with Crippen molar-refractivity contribution in [3.63, 3.8) is 0 Å². The highest BCUT2D eigenvalue weighted by molar-refractivity contribution is 7.80. The molecule has 94 valence electrons. The van der Waals surface area contributed by atoms with Crippen molar-refractivity contribution in [2.45, 2.75) is 26.2 Å². The van der Waals surface area contributed by atoms with Crippen LogP contribution in [0.5, 0.6) is 5.75 Å². The Bertz CT molecular complexity index is 385. The molecule has 3 nitrogen and oxygen atoms in total. The lowest BCUT2D eigenvalue weighted by Gasteiger charge is -2.22. The van der Waals surface area contributed by atoms with Crippen LogP contribution in [0.15, 0.2) is 24.3 Å². The van der Waals surface area contributed by atoms with Gasteiger partial charge in [0.15, 0.2) is 5.11 Å². The highest BCUT2D eigenvalue weighted by atomic mass is 32.1. The summed E-state index contributed by atoms with van der Waals surface area (Å²) in [5.41, 5.74) is 6.62. The summed E-state index contributed by atoms with van der Waals surface area (Å²) in [6.45, 7) is 7.67. The Labute approximate surface area is 108 Å². The molecule has 0 saturated carbocycles. The summed E-state index contributed by atoms with van der Waals surface area (Å²) in [5, 5.41) is 3.16. The Kier molecular flexibility index (Phi) is 4.75. The third-order valence-electron chi connectivity index (χ3n) is 2.35. The first-order valence-electron chi connectivity index (χ1n) is 5.67. The zero-order chi connectivity index (χ0) is 12.9. The molecule has 1 aromatic carbocycles. The SMILES string of the molecule is CC(C)(C)c1ccccc1OCCNC(N)=S.